The average molecular weight is 356 g/mol. The molecule has 1 aromatic heterocycles. The first kappa shape index (κ1) is 14.5. The Balaban J connectivity index is 2.31. The Bertz CT molecular complexity index is 697. The predicted octanol–water partition coefficient (Wildman–Crippen LogP) is 2.08. The number of aromatic nitrogens is 1. The van der Waals surface area contributed by atoms with E-state index in [9.17, 15) is 9.59 Å². The largest absolute Gasteiger partial charge is 0.491 e. The molecule has 0 saturated carbocycles. The van der Waals surface area contributed by atoms with Crippen LogP contribution in [0.5, 0.6) is 5.75 Å². The van der Waals surface area contributed by atoms with Crippen LogP contribution in [0, 0.1) is 0 Å². The summed E-state index contributed by atoms with van der Waals surface area (Å²) in [5.41, 5.74) is -0.861. The summed E-state index contributed by atoms with van der Waals surface area (Å²) < 4.78 is 7.29. The van der Waals surface area contributed by atoms with E-state index in [2.05, 4.69) is 22.5 Å². The Morgan fingerprint density at radius 1 is 1.57 bits per heavy atom. The number of pyridine rings is 1. The number of hydrogen-bond donors (Lipinski definition) is 0. The van der Waals surface area contributed by atoms with Crippen LogP contribution in [-0.2, 0) is 14.6 Å². The van der Waals surface area contributed by atoms with Gasteiger partial charge in [0.2, 0.25) is 5.43 Å². The van der Waals surface area contributed by atoms with Crippen LogP contribution >= 0.6 is 15.9 Å². The highest BCUT2D eigenvalue weighted by molar-refractivity contribution is 9.10. The maximum atomic E-state index is 12.6. The van der Waals surface area contributed by atoms with Crippen molar-refractivity contribution in [1.82, 2.24) is 4.57 Å². The van der Waals surface area contributed by atoms with Gasteiger partial charge in [-0.25, -0.2) is 9.78 Å². The highest BCUT2D eigenvalue weighted by Crippen LogP contribution is 2.51. The van der Waals surface area contributed by atoms with Crippen LogP contribution in [0.2, 0.25) is 0 Å². The van der Waals surface area contributed by atoms with Crippen LogP contribution in [0.1, 0.15) is 31.2 Å². The fraction of sp³-hybridized carbons (Fsp3) is 0.429. The second-order valence-electron chi connectivity index (χ2n) is 5.20. The lowest BCUT2D eigenvalue weighted by Gasteiger charge is -2.49. The molecular formula is C14H14BrNO5. The normalized spacial score (nSPS) is 30.1. The standard InChI is InChI=1S/C14H14BrNO5/c1-4-5-8-12(18)14(2)13(20-21-14)9-11(19-3)10(17)7(15)6-16(8)9/h4,6,8,13H,1,5H2,2-3H3. The lowest BCUT2D eigenvalue weighted by Crippen LogP contribution is -2.60. The van der Waals surface area contributed by atoms with E-state index in [0.29, 0.717) is 16.6 Å². The molecule has 0 N–H and O–H groups in total. The van der Waals surface area contributed by atoms with Crippen molar-refractivity contribution in [3.8, 4) is 5.75 Å². The van der Waals surface area contributed by atoms with Crippen LogP contribution in [0.3, 0.4) is 0 Å². The molecule has 2 aliphatic rings. The number of ether oxygens (including phenoxy) is 1. The van der Waals surface area contributed by atoms with Gasteiger partial charge in [-0.15, -0.1) is 6.58 Å². The van der Waals surface area contributed by atoms with Gasteiger partial charge in [-0.3, -0.25) is 9.59 Å². The molecule has 0 aliphatic carbocycles. The van der Waals surface area contributed by atoms with E-state index in [1.165, 1.54) is 7.11 Å². The molecule has 2 aliphatic heterocycles. The quantitative estimate of drug-likeness (QED) is 0.613. The van der Waals surface area contributed by atoms with Crippen LogP contribution in [-0.4, -0.2) is 23.1 Å². The van der Waals surface area contributed by atoms with Gasteiger partial charge >= 0.3 is 0 Å². The van der Waals surface area contributed by atoms with Gasteiger partial charge in [0.1, 0.15) is 5.69 Å². The molecule has 3 atom stereocenters. The third-order valence-corrected chi connectivity index (χ3v) is 4.54. The number of nitrogens with zero attached hydrogens (tertiary/aromatic N) is 1. The van der Waals surface area contributed by atoms with Crippen molar-refractivity contribution >= 4 is 21.7 Å². The summed E-state index contributed by atoms with van der Waals surface area (Å²) in [6, 6.07) is -0.506. The van der Waals surface area contributed by atoms with Crippen molar-refractivity contribution in [3.05, 3.63) is 39.2 Å². The SMILES string of the molecule is C=CCC1C(=O)C2(C)OOC2c2c(OC)c(=O)c(Br)cn21. The molecule has 0 aromatic carbocycles. The molecular weight excluding hydrogens is 342 g/mol. The number of methoxy groups -OCH3 is 1. The lowest BCUT2D eigenvalue weighted by molar-refractivity contribution is -0.498. The molecule has 1 fully saturated rings. The van der Waals surface area contributed by atoms with E-state index in [-0.39, 0.29) is 17.0 Å². The molecule has 1 saturated heterocycles. The second-order valence-corrected chi connectivity index (χ2v) is 6.06. The number of fused-ring (bicyclic) bond motifs is 3. The highest BCUT2D eigenvalue weighted by atomic mass is 79.9. The maximum Gasteiger partial charge on any atom is 0.237 e. The highest BCUT2D eigenvalue weighted by Gasteiger charge is 2.61. The van der Waals surface area contributed by atoms with E-state index in [1.807, 2.05) is 0 Å². The van der Waals surface area contributed by atoms with Crippen LogP contribution < -0.4 is 10.2 Å². The minimum Gasteiger partial charge on any atom is -0.491 e. The number of carbonyl (C=O) groups excluding carboxylic acids is 1. The van der Waals surface area contributed by atoms with E-state index in [1.54, 1.807) is 23.8 Å². The molecule has 0 spiro atoms. The smallest absolute Gasteiger partial charge is 0.237 e. The van der Waals surface area contributed by atoms with Gasteiger partial charge in [0.15, 0.2) is 23.2 Å². The zero-order valence-corrected chi connectivity index (χ0v) is 13.2. The van der Waals surface area contributed by atoms with E-state index >= 15 is 0 Å². The number of carbonyl (C=O) groups is 1. The molecule has 0 bridgehead atoms. The third kappa shape index (κ3) is 1.77. The first-order valence-electron chi connectivity index (χ1n) is 6.44. The number of allylic oxidation sites excluding steroid dienone is 1. The van der Waals surface area contributed by atoms with Gasteiger partial charge in [-0.05, 0) is 29.3 Å². The van der Waals surface area contributed by atoms with Gasteiger partial charge in [-0.1, -0.05) is 6.08 Å². The topological polar surface area (TPSA) is 66.8 Å². The maximum absolute atomic E-state index is 12.6. The van der Waals surface area contributed by atoms with Crippen LogP contribution in [0.25, 0.3) is 0 Å². The molecule has 112 valence electrons. The lowest BCUT2D eigenvalue weighted by atomic mass is 9.80. The van der Waals surface area contributed by atoms with Gasteiger partial charge in [0.25, 0.3) is 0 Å². The molecule has 6 nitrogen and oxygen atoms in total. The van der Waals surface area contributed by atoms with Gasteiger partial charge in [0.05, 0.1) is 17.6 Å². The minimum absolute atomic E-state index is 0.108. The molecule has 0 amide bonds. The summed E-state index contributed by atoms with van der Waals surface area (Å²) in [7, 11) is 1.42. The Morgan fingerprint density at radius 2 is 2.29 bits per heavy atom. The van der Waals surface area contributed by atoms with E-state index in [0.717, 1.165) is 0 Å². The van der Waals surface area contributed by atoms with Crippen molar-refractivity contribution in [3.63, 3.8) is 0 Å². The second kappa shape index (κ2) is 4.79. The first-order chi connectivity index (χ1) is 9.95. The molecule has 21 heavy (non-hydrogen) atoms. The fourth-order valence-electron chi connectivity index (χ4n) is 2.85. The molecule has 7 heteroatoms. The summed E-state index contributed by atoms with van der Waals surface area (Å²) in [6.07, 6.45) is 3.03. The summed E-state index contributed by atoms with van der Waals surface area (Å²) >= 11 is 3.21. The van der Waals surface area contributed by atoms with Gasteiger partial charge < -0.3 is 9.30 Å². The number of halogens is 1. The zero-order valence-electron chi connectivity index (χ0n) is 11.6. The van der Waals surface area contributed by atoms with Crippen LogP contribution in [0.15, 0.2) is 28.1 Å². The van der Waals surface area contributed by atoms with Crippen molar-refractivity contribution in [2.75, 3.05) is 7.11 Å². The summed E-state index contributed by atoms with van der Waals surface area (Å²) in [5, 5.41) is 0. The van der Waals surface area contributed by atoms with E-state index < -0.39 is 17.7 Å². The van der Waals surface area contributed by atoms with Crippen molar-refractivity contribution < 1.29 is 19.3 Å². The Kier molecular flexibility index (Phi) is 3.31. The molecule has 1 aromatic rings. The number of ketones is 1. The molecule has 3 heterocycles. The van der Waals surface area contributed by atoms with Crippen molar-refractivity contribution in [2.45, 2.75) is 31.1 Å². The molecule has 0 radical (unpaired) electrons. The van der Waals surface area contributed by atoms with Gasteiger partial charge in [0, 0.05) is 6.20 Å². The Labute approximate surface area is 129 Å². The fourth-order valence-corrected chi connectivity index (χ4v) is 3.26. The summed E-state index contributed by atoms with van der Waals surface area (Å²) in [6.45, 7) is 5.35. The predicted molar refractivity (Wildman–Crippen MR) is 77.1 cm³/mol. The first-order valence-corrected chi connectivity index (χ1v) is 7.23. The molecule has 3 rings (SSSR count). The van der Waals surface area contributed by atoms with Crippen LogP contribution in [0.4, 0.5) is 0 Å². The number of hydrogen-bond acceptors (Lipinski definition) is 5. The summed E-state index contributed by atoms with van der Waals surface area (Å²) in [4.78, 5) is 35.0. The van der Waals surface area contributed by atoms with E-state index in [4.69, 9.17) is 14.5 Å². The minimum atomic E-state index is -1.10. The summed E-state index contributed by atoms with van der Waals surface area (Å²) in [5.74, 6) is 0.0502. The number of Topliss-reactive ketones (excluding diaryl/α,β-unsaturated/α-hetero) is 1. The van der Waals surface area contributed by atoms with Crippen molar-refractivity contribution in [2.24, 2.45) is 0 Å². The van der Waals surface area contributed by atoms with Gasteiger partial charge in [-0.2, -0.15) is 0 Å². The average Bonchev–Trinajstić information content (AvgIpc) is 2.45. The van der Waals surface area contributed by atoms with Crippen molar-refractivity contribution in [1.29, 1.82) is 0 Å². The Hall–Kier alpha value is -1.44. The molecule has 3 unspecified atom stereocenters. The third-order valence-electron chi connectivity index (χ3n) is 3.97. The Morgan fingerprint density at radius 3 is 2.81 bits per heavy atom. The number of rotatable bonds is 3. The zero-order chi connectivity index (χ0) is 15.4. The monoisotopic (exact) mass is 355 g/mol.